The second kappa shape index (κ2) is 8.97. The molecule has 1 fully saturated rings. The Morgan fingerprint density at radius 1 is 1.34 bits per heavy atom. The fourth-order valence-corrected chi connectivity index (χ4v) is 4.13. The van der Waals surface area contributed by atoms with Gasteiger partial charge in [0.2, 0.25) is 0 Å². The Morgan fingerprint density at radius 3 is 2.48 bits per heavy atom. The molecule has 0 atom stereocenters. The highest BCUT2D eigenvalue weighted by Gasteiger charge is 2.33. The highest BCUT2D eigenvalue weighted by molar-refractivity contribution is 8.16. The van der Waals surface area contributed by atoms with Crippen LogP contribution in [-0.2, 0) is 9.53 Å². The molecule has 1 aromatic rings. The van der Waals surface area contributed by atoms with Crippen LogP contribution >= 0.6 is 0 Å². The Balaban J connectivity index is 2.51. The molecule has 8 nitrogen and oxygen atoms in total. The number of aromatic nitrogens is 1. The van der Waals surface area contributed by atoms with Gasteiger partial charge in [-0.3, -0.25) is 13.7 Å². The average Bonchev–Trinajstić information content (AvgIpc) is 3.48. The maximum atomic E-state index is 13.3. The molecule has 1 saturated carbocycles. The van der Waals surface area contributed by atoms with Crippen molar-refractivity contribution in [3.63, 3.8) is 0 Å². The summed E-state index contributed by atoms with van der Waals surface area (Å²) in [6.07, 6.45) is 4.65. The largest absolute Gasteiger partial charge is 0.395 e. The molecule has 0 aromatic carbocycles. The lowest BCUT2D eigenvalue weighted by Gasteiger charge is -2.50. The highest BCUT2D eigenvalue weighted by atomic mass is 32.3. The number of carbonyl (C=O) groups excluding carboxylic acids is 1. The Hall–Kier alpha value is -1.71. The van der Waals surface area contributed by atoms with Crippen LogP contribution in [0.4, 0.5) is 11.6 Å². The summed E-state index contributed by atoms with van der Waals surface area (Å²) in [6, 6.07) is 3.26. The third-order valence-corrected chi connectivity index (χ3v) is 9.22. The number of aliphatic hydroxyl groups is 1. The van der Waals surface area contributed by atoms with Crippen LogP contribution in [0, 0.1) is 5.92 Å². The van der Waals surface area contributed by atoms with Gasteiger partial charge in [-0.25, -0.2) is 4.98 Å². The molecule has 166 valence electrons. The molecule has 0 saturated heterocycles. The van der Waals surface area contributed by atoms with Crippen molar-refractivity contribution in [1.29, 1.82) is 0 Å². The number of nitrogens with one attached hydrogen (secondary N) is 1. The molecule has 1 aliphatic rings. The van der Waals surface area contributed by atoms with Gasteiger partial charge in [0.1, 0.15) is 11.6 Å². The molecule has 9 heteroatoms. The predicted molar refractivity (Wildman–Crippen MR) is 119 cm³/mol. The van der Waals surface area contributed by atoms with Crippen molar-refractivity contribution in [3.8, 4) is 0 Å². The summed E-state index contributed by atoms with van der Waals surface area (Å²) in [5.74, 6) is 1.20. The third kappa shape index (κ3) is 5.67. The molecule has 0 radical (unpaired) electrons. The minimum Gasteiger partial charge on any atom is -0.395 e. The third-order valence-electron chi connectivity index (χ3n) is 5.53. The first kappa shape index (κ1) is 23.6. The van der Waals surface area contributed by atoms with E-state index in [1.807, 2.05) is 0 Å². The molecule has 1 heterocycles. The summed E-state index contributed by atoms with van der Waals surface area (Å²) in [6.45, 7) is 7.12. The van der Waals surface area contributed by atoms with Gasteiger partial charge in [-0.05, 0) is 51.2 Å². The van der Waals surface area contributed by atoms with Gasteiger partial charge in [-0.1, -0.05) is 6.92 Å². The summed E-state index contributed by atoms with van der Waals surface area (Å²) in [5, 5.41) is 11.1. The molecule has 1 aliphatic carbocycles. The Morgan fingerprint density at radius 2 is 1.97 bits per heavy atom. The normalized spacial score (nSPS) is 15.7. The highest BCUT2D eigenvalue weighted by Crippen LogP contribution is 2.35. The molecule has 0 aliphatic heterocycles. The van der Waals surface area contributed by atoms with E-state index in [0.717, 1.165) is 19.5 Å². The molecule has 29 heavy (non-hydrogen) atoms. The van der Waals surface area contributed by atoms with E-state index in [9.17, 15) is 13.6 Å². The number of rotatable bonds is 11. The molecular formula is C20H36N4O4S. The van der Waals surface area contributed by atoms with Crippen molar-refractivity contribution in [2.45, 2.75) is 45.3 Å². The monoisotopic (exact) mass is 428 g/mol. The number of pyridine rings is 1. The second-order valence-electron chi connectivity index (χ2n) is 8.29. The van der Waals surface area contributed by atoms with Crippen molar-refractivity contribution < 1.29 is 18.7 Å². The van der Waals surface area contributed by atoms with Crippen LogP contribution < -0.4 is 14.5 Å². The van der Waals surface area contributed by atoms with Gasteiger partial charge in [0.15, 0.2) is 0 Å². The van der Waals surface area contributed by atoms with E-state index in [2.05, 4.69) is 22.1 Å². The molecular weight excluding hydrogens is 392 g/mol. The zero-order chi connectivity index (χ0) is 21.8. The number of aliphatic hydroxyl groups excluding tert-OH is 1. The number of anilines is 2. The van der Waals surface area contributed by atoms with E-state index in [0.29, 0.717) is 17.3 Å². The van der Waals surface area contributed by atoms with Crippen molar-refractivity contribution in [2.24, 2.45) is 5.92 Å². The van der Waals surface area contributed by atoms with Gasteiger partial charge in [0.25, 0.3) is 5.91 Å². The van der Waals surface area contributed by atoms with E-state index in [4.69, 9.17) is 5.11 Å². The standard InChI is InChI=1S/C20H36N4O4S/c1-6-10-24(14-16-7-8-16)19-13-17(20(26)21-9-11-25)12-18(22-19)23(4)29(5,27,28)15(2)3/h12-13,15-16,25H,6-11,14H2,1-5H3,(H,21,26)(H,27,28). The van der Waals surface area contributed by atoms with E-state index in [1.165, 1.54) is 29.5 Å². The quantitative estimate of drug-likeness (QED) is 0.498. The van der Waals surface area contributed by atoms with Crippen molar-refractivity contribution in [3.05, 3.63) is 17.7 Å². The van der Waals surface area contributed by atoms with Gasteiger partial charge in [-0.2, -0.15) is 4.21 Å². The minimum atomic E-state index is -4.18. The topological polar surface area (TPSA) is 106 Å². The first-order valence-corrected chi connectivity index (χ1v) is 12.6. The number of amides is 1. The fraction of sp³-hybridized carbons (Fsp3) is 0.700. The predicted octanol–water partition coefficient (Wildman–Crippen LogP) is 2.11. The molecule has 0 bridgehead atoms. The summed E-state index contributed by atoms with van der Waals surface area (Å²) in [7, 11) is -2.63. The number of carbonyl (C=O) groups is 1. The number of nitrogens with zero attached hydrogens (tertiary/aromatic N) is 3. The lowest BCUT2D eigenvalue weighted by atomic mass is 10.2. The zero-order valence-electron chi connectivity index (χ0n) is 18.2. The van der Waals surface area contributed by atoms with E-state index >= 15 is 0 Å². The van der Waals surface area contributed by atoms with Gasteiger partial charge >= 0.3 is 0 Å². The Bertz CT molecular complexity index is 789. The molecule has 3 N–H and O–H groups in total. The van der Waals surface area contributed by atoms with E-state index in [-0.39, 0.29) is 24.9 Å². The molecule has 1 aromatic heterocycles. The molecule has 2 rings (SSSR count). The van der Waals surface area contributed by atoms with Crippen molar-refractivity contribution >= 4 is 27.1 Å². The van der Waals surface area contributed by atoms with Crippen LogP contribution in [0.5, 0.6) is 0 Å². The summed E-state index contributed by atoms with van der Waals surface area (Å²) in [4.78, 5) is 19.4. The zero-order valence-corrected chi connectivity index (χ0v) is 19.0. The van der Waals surface area contributed by atoms with Crippen LogP contribution in [0.15, 0.2) is 12.1 Å². The van der Waals surface area contributed by atoms with Crippen molar-refractivity contribution in [1.82, 2.24) is 10.3 Å². The lowest BCUT2D eigenvalue weighted by Crippen LogP contribution is -2.54. The average molecular weight is 429 g/mol. The number of hydrogen-bond acceptors (Lipinski definition) is 5. The SMILES string of the molecule is CCCN(CC1CC1)c1cc(C(=O)NCCO)cc(N(C)S(C)(=O)(O)C(C)C)n1. The lowest BCUT2D eigenvalue weighted by molar-refractivity contribution is 0.0944. The first-order valence-electron chi connectivity index (χ1n) is 10.3. The summed E-state index contributed by atoms with van der Waals surface area (Å²) in [5.41, 5.74) is 0.356. The van der Waals surface area contributed by atoms with Crippen LogP contribution in [0.25, 0.3) is 0 Å². The van der Waals surface area contributed by atoms with Gasteiger partial charge < -0.3 is 15.3 Å². The maximum Gasteiger partial charge on any atom is 0.251 e. The van der Waals surface area contributed by atoms with Gasteiger partial charge in [-0.15, -0.1) is 9.53 Å². The summed E-state index contributed by atoms with van der Waals surface area (Å²) >= 11 is 0. The van der Waals surface area contributed by atoms with Crippen LogP contribution in [-0.4, -0.2) is 69.6 Å². The minimum absolute atomic E-state index is 0.141. The number of hydrogen-bond donors (Lipinski definition) is 3. The summed E-state index contributed by atoms with van der Waals surface area (Å²) < 4.78 is 25.6. The van der Waals surface area contributed by atoms with Gasteiger partial charge in [0, 0.05) is 38.5 Å². The molecule has 0 spiro atoms. The first-order chi connectivity index (χ1) is 13.5. The van der Waals surface area contributed by atoms with E-state index in [1.54, 1.807) is 27.0 Å². The molecule has 1 amide bonds. The Labute approximate surface area is 174 Å². The second-order valence-corrected chi connectivity index (χ2v) is 12.4. The van der Waals surface area contributed by atoms with Crippen LogP contribution in [0.1, 0.15) is 50.4 Å². The maximum absolute atomic E-state index is 13.3. The van der Waals surface area contributed by atoms with Crippen LogP contribution in [0.3, 0.4) is 0 Å². The fourth-order valence-electron chi connectivity index (χ4n) is 2.95. The van der Waals surface area contributed by atoms with E-state index < -0.39 is 14.8 Å². The Kier molecular flexibility index (Phi) is 7.29. The molecule has 0 unspecified atom stereocenters. The van der Waals surface area contributed by atoms with Crippen molar-refractivity contribution in [2.75, 3.05) is 48.7 Å². The van der Waals surface area contributed by atoms with Gasteiger partial charge in [0.05, 0.1) is 11.9 Å². The van der Waals surface area contributed by atoms with Crippen LogP contribution in [0.2, 0.25) is 0 Å². The smallest absolute Gasteiger partial charge is 0.251 e.